The third kappa shape index (κ3) is 3.01. The van der Waals surface area contributed by atoms with Gasteiger partial charge in [-0.1, -0.05) is 30.3 Å². The number of carbonyl (C=O) groups is 1. The van der Waals surface area contributed by atoms with Gasteiger partial charge in [0.25, 0.3) is 5.69 Å². The molecule has 0 fully saturated rings. The fraction of sp³-hybridized carbons (Fsp3) is 0.0714. The quantitative estimate of drug-likeness (QED) is 0.481. The molecule has 2 rings (SSSR count). The van der Waals surface area contributed by atoms with Crippen molar-refractivity contribution >= 4 is 11.5 Å². The van der Waals surface area contributed by atoms with Crippen LogP contribution in [0.1, 0.15) is 15.9 Å². The van der Waals surface area contributed by atoms with E-state index in [0.29, 0.717) is 5.56 Å². The molecule has 0 saturated carbocycles. The maximum absolute atomic E-state index is 13.0. The van der Waals surface area contributed by atoms with Crippen molar-refractivity contribution < 1.29 is 14.1 Å². The van der Waals surface area contributed by atoms with E-state index in [1.165, 1.54) is 36.4 Å². The van der Waals surface area contributed by atoms with Gasteiger partial charge < -0.3 is 0 Å². The van der Waals surface area contributed by atoms with E-state index >= 15 is 0 Å². The van der Waals surface area contributed by atoms with Crippen molar-refractivity contribution in [1.29, 1.82) is 0 Å². The number of ketones is 1. The molecular formula is C14H10FNO3. The smallest absolute Gasteiger partial charge is 0.273 e. The van der Waals surface area contributed by atoms with Crippen LogP contribution in [0.3, 0.4) is 0 Å². The molecule has 0 spiro atoms. The number of rotatable bonds is 4. The number of nitro benzene ring substituents is 1. The molecule has 0 aliphatic heterocycles. The van der Waals surface area contributed by atoms with E-state index in [1.54, 1.807) is 6.07 Å². The normalized spacial score (nSPS) is 10.2. The van der Waals surface area contributed by atoms with Crippen molar-refractivity contribution in [3.8, 4) is 0 Å². The van der Waals surface area contributed by atoms with E-state index in [-0.39, 0.29) is 23.5 Å². The van der Waals surface area contributed by atoms with Gasteiger partial charge in [-0.2, -0.15) is 0 Å². The zero-order valence-corrected chi connectivity index (χ0v) is 9.88. The number of nitrogens with zero attached hydrogens (tertiary/aromatic N) is 1. The van der Waals surface area contributed by atoms with E-state index in [1.807, 2.05) is 0 Å². The van der Waals surface area contributed by atoms with E-state index < -0.39 is 10.7 Å². The Morgan fingerprint density at radius 2 is 1.89 bits per heavy atom. The Morgan fingerprint density at radius 3 is 2.58 bits per heavy atom. The van der Waals surface area contributed by atoms with Gasteiger partial charge in [0.2, 0.25) is 0 Å². The summed E-state index contributed by atoms with van der Waals surface area (Å²) in [7, 11) is 0. The Morgan fingerprint density at radius 1 is 1.16 bits per heavy atom. The maximum atomic E-state index is 13.0. The van der Waals surface area contributed by atoms with E-state index in [0.717, 1.165) is 6.07 Å². The predicted molar refractivity (Wildman–Crippen MR) is 67.5 cm³/mol. The molecule has 19 heavy (non-hydrogen) atoms. The average Bonchev–Trinajstić information content (AvgIpc) is 2.39. The zero-order valence-electron chi connectivity index (χ0n) is 9.88. The van der Waals surface area contributed by atoms with Crippen molar-refractivity contribution in [2.45, 2.75) is 6.42 Å². The second kappa shape index (κ2) is 5.39. The molecule has 0 saturated heterocycles. The summed E-state index contributed by atoms with van der Waals surface area (Å²) in [6, 6.07) is 11.3. The summed E-state index contributed by atoms with van der Waals surface area (Å²) in [5.41, 5.74) is 0.423. The molecule has 96 valence electrons. The van der Waals surface area contributed by atoms with Crippen LogP contribution in [0.2, 0.25) is 0 Å². The second-order valence-electron chi connectivity index (χ2n) is 4.00. The average molecular weight is 259 g/mol. The number of halogens is 1. The first-order valence-electron chi connectivity index (χ1n) is 5.59. The third-order valence-corrected chi connectivity index (χ3v) is 2.69. The molecule has 0 bridgehead atoms. The summed E-state index contributed by atoms with van der Waals surface area (Å²) in [4.78, 5) is 22.2. The van der Waals surface area contributed by atoms with Crippen LogP contribution in [0.25, 0.3) is 0 Å². The van der Waals surface area contributed by atoms with Crippen molar-refractivity contribution in [1.82, 2.24) is 0 Å². The number of Topliss-reactive ketones (excluding diaryl/α,β-unsaturated/α-hetero) is 1. The largest absolute Gasteiger partial charge is 0.294 e. The Balaban J connectivity index is 2.27. The lowest BCUT2D eigenvalue weighted by atomic mass is 10.0. The number of benzene rings is 2. The van der Waals surface area contributed by atoms with Crippen LogP contribution in [0.5, 0.6) is 0 Å². The van der Waals surface area contributed by atoms with Gasteiger partial charge in [0.15, 0.2) is 5.78 Å². The van der Waals surface area contributed by atoms with Crippen molar-refractivity contribution in [2.75, 3.05) is 0 Å². The highest BCUT2D eigenvalue weighted by molar-refractivity contribution is 5.97. The molecule has 5 heteroatoms. The van der Waals surface area contributed by atoms with E-state index in [9.17, 15) is 19.3 Å². The van der Waals surface area contributed by atoms with Crippen LogP contribution < -0.4 is 0 Å². The van der Waals surface area contributed by atoms with Crippen LogP contribution in [-0.4, -0.2) is 10.7 Å². The van der Waals surface area contributed by atoms with Crippen LogP contribution in [0.15, 0.2) is 48.5 Å². The number of hydrogen-bond donors (Lipinski definition) is 0. The fourth-order valence-electron chi connectivity index (χ4n) is 1.78. The molecular weight excluding hydrogens is 249 g/mol. The van der Waals surface area contributed by atoms with Gasteiger partial charge in [0, 0.05) is 23.6 Å². The van der Waals surface area contributed by atoms with E-state index in [4.69, 9.17) is 0 Å². The molecule has 0 aliphatic rings. The first kappa shape index (κ1) is 12.9. The summed E-state index contributed by atoms with van der Waals surface area (Å²) < 4.78 is 13.0. The summed E-state index contributed by atoms with van der Waals surface area (Å²) in [6.45, 7) is 0. The van der Waals surface area contributed by atoms with Crippen LogP contribution in [-0.2, 0) is 6.42 Å². The summed E-state index contributed by atoms with van der Waals surface area (Å²) >= 11 is 0. The highest BCUT2D eigenvalue weighted by Gasteiger charge is 2.16. The molecule has 0 N–H and O–H groups in total. The van der Waals surface area contributed by atoms with Crippen molar-refractivity contribution in [3.63, 3.8) is 0 Å². The van der Waals surface area contributed by atoms with Gasteiger partial charge in [0.05, 0.1) is 4.92 Å². The number of para-hydroxylation sites is 1. The summed E-state index contributed by atoms with van der Waals surface area (Å²) in [5.74, 6) is -0.859. The SMILES string of the molecule is O=C(Cc1ccccc1[N+](=O)[O-])c1cccc(F)c1. The Hall–Kier alpha value is -2.56. The minimum absolute atomic E-state index is 0.104. The molecule has 2 aromatic rings. The highest BCUT2D eigenvalue weighted by Crippen LogP contribution is 2.19. The topological polar surface area (TPSA) is 60.2 Å². The lowest BCUT2D eigenvalue weighted by Gasteiger charge is -2.03. The Bertz CT molecular complexity index is 640. The number of carbonyl (C=O) groups excluding carboxylic acids is 1. The zero-order chi connectivity index (χ0) is 13.8. The first-order valence-corrected chi connectivity index (χ1v) is 5.59. The molecule has 0 aliphatic carbocycles. The van der Waals surface area contributed by atoms with Crippen LogP contribution in [0, 0.1) is 15.9 Å². The molecule has 0 radical (unpaired) electrons. The van der Waals surface area contributed by atoms with Crippen LogP contribution in [0.4, 0.5) is 10.1 Å². The van der Waals surface area contributed by atoms with Crippen molar-refractivity contribution in [2.24, 2.45) is 0 Å². The first-order chi connectivity index (χ1) is 9.08. The van der Waals surface area contributed by atoms with Gasteiger partial charge in [-0.3, -0.25) is 14.9 Å². The monoisotopic (exact) mass is 259 g/mol. The maximum Gasteiger partial charge on any atom is 0.273 e. The van der Waals surface area contributed by atoms with E-state index in [2.05, 4.69) is 0 Å². The third-order valence-electron chi connectivity index (χ3n) is 2.69. The van der Waals surface area contributed by atoms with Gasteiger partial charge in [-0.25, -0.2) is 4.39 Å². The second-order valence-corrected chi connectivity index (χ2v) is 4.00. The molecule has 0 atom stereocenters. The molecule has 0 amide bonds. The molecule has 4 nitrogen and oxygen atoms in total. The Kier molecular flexibility index (Phi) is 3.66. The molecule has 0 heterocycles. The minimum atomic E-state index is -0.534. The fourth-order valence-corrected chi connectivity index (χ4v) is 1.78. The predicted octanol–water partition coefficient (Wildman–Crippen LogP) is 3.16. The van der Waals surface area contributed by atoms with Gasteiger partial charge in [0.1, 0.15) is 5.82 Å². The summed E-state index contributed by atoms with van der Waals surface area (Å²) in [6.07, 6.45) is -0.124. The van der Waals surface area contributed by atoms with Crippen molar-refractivity contribution in [3.05, 3.63) is 75.6 Å². The van der Waals surface area contributed by atoms with Gasteiger partial charge >= 0.3 is 0 Å². The molecule has 0 unspecified atom stereocenters. The highest BCUT2D eigenvalue weighted by atomic mass is 19.1. The molecule has 0 aromatic heterocycles. The molecule has 2 aromatic carbocycles. The minimum Gasteiger partial charge on any atom is -0.294 e. The van der Waals surface area contributed by atoms with Gasteiger partial charge in [-0.05, 0) is 12.1 Å². The standard InChI is InChI=1S/C14H10FNO3/c15-12-6-3-5-11(8-12)14(17)9-10-4-1-2-7-13(10)16(18)19/h1-8H,9H2. The number of hydrogen-bond acceptors (Lipinski definition) is 3. The lowest BCUT2D eigenvalue weighted by Crippen LogP contribution is -2.06. The summed E-state index contributed by atoms with van der Waals surface area (Å²) in [5, 5.41) is 10.8. The van der Waals surface area contributed by atoms with Gasteiger partial charge in [-0.15, -0.1) is 0 Å². The lowest BCUT2D eigenvalue weighted by molar-refractivity contribution is -0.385. The Labute approximate surface area is 108 Å². The van der Waals surface area contributed by atoms with Crippen LogP contribution >= 0.6 is 0 Å². The number of nitro groups is 1.